The van der Waals surface area contributed by atoms with E-state index < -0.39 is 6.10 Å². The van der Waals surface area contributed by atoms with E-state index in [1.165, 1.54) is 122 Å². The number of allylic oxidation sites excluding steroid dienone is 10. The summed E-state index contributed by atoms with van der Waals surface area (Å²) in [5.74, 6) is -0.965. The van der Waals surface area contributed by atoms with Gasteiger partial charge in [-0.15, -0.1) is 0 Å². The van der Waals surface area contributed by atoms with Crippen LogP contribution in [0, 0.1) is 0 Å². The highest BCUT2D eigenvalue weighted by atomic mass is 16.6. The Kier molecular flexibility index (Phi) is 46.4. The summed E-state index contributed by atoms with van der Waals surface area (Å²) >= 11 is 0. The predicted molar refractivity (Wildman–Crippen MR) is 256 cm³/mol. The molecule has 1 atom stereocenters. The van der Waals surface area contributed by atoms with Crippen LogP contribution >= 0.6 is 0 Å². The molecule has 6 heteroatoms. The van der Waals surface area contributed by atoms with E-state index in [0.29, 0.717) is 12.8 Å². The molecule has 0 fully saturated rings. The number of esters is 3. The maximum Gasteiger partial charge on any atom is 0.306 e. The van der Waals surface area contributed by atoms with Crippen LogP contribution in [0.5, 0.6) is 0 Å². The minimum absolute atomic E-state index is 0.0974. The summed E-state index contributed by atoms with van der Waals surface area (Å²) in [5, 5.41) is 0. The minimum Gasteiger partial charge on any atom is -0.462 e. The van der Waals surface area contributed by atoms with Crippen molar-refractivity contribution >= 4 is 17.9 Å². The van der Waals surface area contributed by atoms with Crippen molar-refractivity contribution in [2.24, 2.45) is 0 Å². The Balaban J connectivity index is 4.39. The number of rotatable bonds is 45. The topological polar surface area (TPSA) is 78.9 Å². The van der Waals surface area contributed by atoms with Gasteiger partial charge in [0.25, 0.3) is 0 Å². The summed E-state index contributed by atoms with van der Waals surface area (Å²) in [6, 6.07) is 0. The number of hydrogen-bond donors (Lipinski definition) is 0. The Bertz CT molecular complexity index is 1100. The van der Waals surface area contributed by atoms with Gasteiger partial charge in [0.15, 0.2) is 6.10 Å². The van der Waals surface area contributed by atoms with Gasteiger partial charge >= 0.3 is 17.9 Å². The number of hydrogen-bond acceptors (Lipinski definition) is 6. The van der Waals surface area contributed by atoms with Crippen LogP contribution in [-0.2, 0) is 28.6 Å². The van der Waals surface area contributed by atoms with Crippen LogP contribution in [-0.4, -0.2) is 37.2 Å². The van der Waals surface area contributed by atoms with Crippen molar-refractivity contribution in [1.82, 2.24) is 0 Å². The van der Waals surface area contributed by atoms with Crippen molar-refractivity contribution in [3.05, 3.63) is 60.8 Å². The molecular formula is C54H94O6. The third-order valence-electron chi connectivity index (χ3n) is 10.8. The highest BCUT2D eigenvalue weighted by Crippen LogP contribution is 2.14. The number of ether oxygens (including phenoxy) is 3. The first-order chi connectivity index (χ1) is 29.5. The zero-order valence-electron chi connectivity index (χ0n) is 39.5. The molecule has 0 rings (SSSR count). The molecule has 0 aliphatic carbocycles. The molecule has 0 aliphatic rings. The molecule has 1 unspecified atom stereocenters. The molecule has 0 bridgehead atoms. The van der Waals surface area contributed by atoms with Gasteiger partial charge in [0.05, 0.1) is 0 Å². The zero-order chi connectivity index (χ0) is 43.7. The molecule has 0 amide bonds. The molecule has 60 heavy (non-hydrogen) atoms. The Labute approximate surface area is 370 Å². The predicted octanol–water partition coefficient (Wildman–Crippen LogP) is 16.5. The van der Waals surface area contributed by atoms with E-state index in [4.69, 9.17) is 14.2 Å². The van der Waals surface area contributed by atoms with Gasteiger partial charge in [-0.1, -0.05) is 191 Å². The number of unbranched alkanes of at least 4 members (excludes halogenated alkanes) is 25. The van der Waals surface area contributed by atoms with Crippen molar-refractivity contribution in [1.29, 1.82) is 0 Å². The molecule has 0 aliphatic heterocycles. The van der Waals surface area contributed by atoms with Gasteiger partial charge in [-0.25, -0.2) is 0 Å². The number of carbonyl (C=O) groups is 3. The van der Waals surface area contributed by atoms with Crippen molar-refractivity contribution in [3.63, 3.8) is 0 Å². The van der Waals surface area contributed by atoms with E-state index in [9.17, 15) is 14.4 Å². The largest absolute Gasteiger partial charge is 0.462 e. The monoisotopic (exact) mass is 839 g/mol. The quantitative estimate of drug-likeness (QED) is 0.0200. The van der Waals surface area contributed by atoms with Crippen molar-refractivity contribution < 1.29 is 28.6 Å². The van der Waals surface area contributed by atoms with Crippen LogP contribution < -0.4 is 0 Å². The van der Waals surface area contributed by atoms with Crippen LogP contribution in [0.15, 0.2) is 60.8 Å². The van der Waals surface area contributed by atoms with E-state index in [-0.39, 0.29) is 37.5 Å². The average molecular weight is 839 g/mol. The van der Waals surface area contributed by atoms with Gasteiger partial charge in [0.1, 0.15) is 13.2 Å². The van der Waals surface area contributed by atoms with Gasteiger partial charge in [-0.2, -0.15) is 0 Å². The minimum atomic E-state index is -0.800. The molecule has 0 radical (unpaired) electrons. The summed E-state index contributed by atoms with van der Waals surface area (Å²) in [6.07, 6.45) is 59.3. The fourth-order valence-corrected chi connectivity index (χ4v) is 6.93. The first kappa shape index (κ1) is 57.1. The van der Waals surface area contributed by atoms with E-state index >= 15 is 0 Å². The smallest absolute Gasteiger partial charge is 0.306 e. The highest BCUT2D eigenvalue weighted by Gasteiger charge is 2.19. The van der Waals surface area contributed by atoms with Gasteiger partial charge in [0.2, 0.25) is 0 Å². The molecule has 0 aromatic carbocycles. The Morgan fingerprint density at radius 2 is 0.700 bits per heavy atom. The van der Waals surface area contributed by atoms with E-state index in [0.717, 1.165) is 83.5 Å². The second-order valence-electron chi connectivity index (χ2n) is 16.7. The summed E-state index contributed by atoms with van der Waals surface area (Å²) in [4.78, 5) is 37.8. The Hall–Kier alpha value is -2.89. The first-order valence-corrected chi connectivity index (χ1v) is 25.3. The van der Waals surface area contributed by atoms with Gasteiger partial charge in [-0.05, 0) is 96.3 Å². The second kappa shape index (κ2) is 48.8. The third-order valence-corrected chi connectivity index (χ3v) is 10.8. The second-order valence-corrected chi connectivity index (χ2v) is 16.7. The van der Waals surface area contributed by atoms with E-state index in [2.05, 4.69) is 81.5 Å². The van der Waals surface area contributed by atoms with Crippen LogP contribution in [0.4, 0.5) is 0 Å². The lowest BCUT2D eigenvalue weighted by atomic mass is 10.1. The molecule has 6 nitrogen and oxygen atoms in total. The summed E-state index contributed by atoms with van der Waals surface area (Å²) in [6.45, 7) is 6.45. The van der Waals surface area contributed by atoms with Crippen LogP contribution in [0.2, 0.25) is 0 Å². The maximum absolute atomic E-state index is 12.8. The molecule has 0 aromatic rings. The standard InChI is InChI=1S/C54H94O6/c1-4-7-10-13-16-19-21-23-25-27-29-30-32-35-38-41-44-47-53(56)59-50-51(49-58-52(55)46-43-40-37-34-18-15-12-9-6-3)60-54(57)48-45-42-39-36-33-31-28-26-24-22-20-17-14-11-8-5-2/h9,12,18,23,25-26,28,31,33-34,51H,4-8,10-11,13-17,19-22,24,27,29-30,32,35-50H2,1-3H3/b12-9-,25-23-,28-26-,33-31-,34-18-. The maximum atomic E-state index is 12.8. The molecule has 0 heterocycles. The summed E-state index contributed by atoms with van der Waals surface area (Å²) in [5.41, 5.74) is 0. The first-order valence-electron chi connectivity index (χ1n) is 25.3. The lowest BCUT2D eigenvalue weighted by Crippen LogP contribution is -2.30. The van der Waals surface area contributed by atoms with Crippen LogP contribution in [0.25, 0.3) is 0 Å². The van der Waals surface area contributed by atoms with Gasteiger partial charge < -0.3 is 14.2 Å². The van der Waals surface area contributed by atoms with E-state index in [1.807, 2.05) is 0 Å². The van der Waals surface area contributed by atoms with Crippen LogP contribution in [0.3, 0.4) is 0 Å². The third kappa shape index (κ3) is 46.2. The molecule has 0 N–H and O–H groups in total. The van der Waals surface area contributed by atoms with Crippen molar-refractivity contribution in [2.75, 3.05) is 13.2 Å². The fraction of sp³-hybridized carbons (Fsp3) is 0.759. The van der Waals surface area contributed by atoms with Gasteiger partial charge in [-0.3, -0.25) is 14.4 Å². The zero-order valence-corrected chi connectivity index (χ0v) is 39.5. The lowest BCUT2D eigenvalue weighted by Gasteiger charge is -2.18. The SMILES string of the molecule is CC/C=C\C/C=C\CCCCC(=O)OCC(COC(=O)CCCCCCCCC/C=C\CCCCCCCC)OC(=O)CCCCC/C=C\C=C/CCCCCCCCC. The summed E-state index contributed by atoms with van der Waals surface area (Å²) in [7, 11) is 0. The molecule has 0 spiro atoms. The molecular weight excluding hydrogens is 745 g/mol. The highest BCUT2D eigenvalue weighted by molar-refractivity contribution is 5.71. The fourth-order valence-electron chi connectivity index (χ4n) is 6.93. The Morgan fingerprint density at radius 1 is 0.367 bits per heavy atom. The molecule has 0 saturated heterocycles. The average Bonchev–Trinajstić information content (AvgIpc) is 3.24. The van der Waals surface area contributed by atoms with Crippen molar-refractivity contribution in [2.45, 2.75) is 252 Å². The molecule has 346 valence electrons. The Morgan fingerprint density at radius 3 is 1.17 bits per heavy atom. The molecule has 0 saturated carbocycles. The van der Waals surface area contributed by atoms with Crippen LogP contribution in [0.1, 0.15) is 245 Å². The normalized spacial score (nSPS) is 12.5. The summed E-state index contributed by atoms with van der Waals surface area (Å²) < 4.78 is 16.7. The van der Waals surface area contributed by atoms with E-state index in [1.54, 1.807) is 0 Å². The lowest BCUT2D eigenvalue weighted by molar-refractivity contribution is -0.167. The molecule has 0 aromatic heterocycles. The van der Waals surface area contributed by atoms with Crippen molar-refractivity contribution in [3.8, 4) is 0 Å². The number of carbonyl (C=O) groups excluding carboxylic acids is 3. The van der Waals surface area contributed by atoms with Gasteiger partial charge in [0, 0.05) is 19.3 Å².